The van der Waals surface area contributed by atoms with Crippen molar-refractivity contribution >= 4 is 22.0 Å². The largest absolute Gasteiger partial charge is 0.493 e. The zero-order valence-electron chi connectivity index (χ0n) is 15.7. The van der Waals surface area contributed by atoms with E-state index >= 15 is 0 Å². The summed E-state index contributed by atoms with van der Waals surface area (Å²) in [6.45, 7) is 2.55. The van der Waals surface area contributed by atoms with E-state index in [0.29, 0.717) is 13.0 Å². The van der Waals surface area contributed by atoms with Gasteiger partial charge in [-0.1, -0.05) is 48.0 Å². The van der Waals surface area contributed by atoms with E-state index in [4.69, 9.17) is 4.74 Å². The van der Waals surface area contributed by atoms with Crippen molar-refractivity contribution in [3.8, 4) is 5.75 Å². The van der Waals surface area contributed by atoms with Gasteiger partial charge < -0.3 is 10.1 Å². The summed E-state index contributed by atoms with van der Waals surface area (Å²) in [7, 11) is -3.60. The molecule has 6 nitrogen and oxygen atoms in total. The normalized spacial score (nSPS) is 16.4. The van der Waals surface area contributed by atoms with E-state index in [-0.39, 0.29) is 24.9 Å². The van der Waals surface area contributed by atoms with Crippen LogP contribution < -0.4 is 14.8 Å². The Morgan fingerprint density at radius 1 is 1.18 bits per heavy atom. The van der Waals surface area contributed by atoms with Gasteiger partial charge in [-0.25, -0.2) is 13.1 Å². The van der Waals surface area contributed by atoms with Gasteiger partial charge in [-0.15, -0.1) is 0 Å². The zero-order valence-corrected chi connectivity index (χ0v) is 16.5. The zero-order chi connectivity index (χ0) is 20.0. The highest BCUT2D eigenvalue weighted by atomic mass is 32.2. The van der Waals surface area contributed by atoms with Crippen LogP contribution in [-0.2, 0) is 14.8 Å². The molecule has 0 aliphatic carbocycles. The van der Waals surface area contributed by atoms with E-state index in [1.807, 2.05) is 55.5 Å². The van der Waals surface area contributed by atoms with Crippen molar-refractivity contribution in [2.24, 2.45) is 0 Å². The van der Waals surface area contributed by atoms with E-state index in [1.165, 1.54) is 6.08 Å². The molecule has 28 heavy (non-hydrogen) atoms. The van der Waals surface area contributed by atoms with Crippen molar-refractivity contribution in [1.82, 2.24) is 10.0 Å². The van der Waals surface area contributed by atoms with Crippen LogP contribution in [0.1, 0.15) is 35.6 Å². The molecule has 2 aromatic rings. The molecule has 1 atom stereocenters. The number of benzene rings is 2. The Hall–Kier alpha value is -2.64. The molecule has 0 spiro atoms. The Morgan fingerprint density at radius 3 is 2.71 bits per heavy atom. The molecule has 0 saturated heterocycles. The van der Waals surface area contributed by atoms with Crippen LogP contribution in [0.25, 0.3) is 6.08 Å². The van der Waals surface area contributed by atoms with Gasteiger partial charge in [-0.05, 0) is 24.6 Å². The predicted molar refractivity (Wildman–Crippen MR) is 109 cm³/mol. The molecular weight excluding hydrogens is 376 g/mol. The van der Waals surface area contributed by atoms with Crippen molar-refractivity contribution in [1.29, 1.82) is 0 Å². The maximum absolute atomic E-state index is 12.2. The highest BCUT2D eigenvalue weighted by Gasteiger charge is 2.22. The average Bonchev–Trinajstić information content (AvgIpc) is 2.68. The number of hydrogen-bond acceptors (Lipinski definition) is 4. The van der Waals surface area contributed by atoms with Crippen LogP contribution in [-0.4, -0.2) is 27.5 Å². The van der Waals surface area contributed by atoms with E-state index in [1.54, 1.807) is 0 Å². The Labute approximate surface area is 165 Å². The summed E-state index contributed by atoms with van der Waals surface area (Å²) in [6, 6.07) is 15.0. The molecule has 0 aromatic heterocycles. The van der Waals surface area contributed by atoms with Gasteiger partial charge in [-0.2, -0.15) is 0 Å². The molecule has 1 aliphatic heterocycles. The molecule has 0 fully saturated rings. The third-order valence-corrected chi connectivity index (χ3v) is 5.57. The third-order valence-electron chi connectivity index (χ3n) is 4.47. The third kappa shape index (κ3) is 5.68. The first-order valence-electron chi connectivity index (χ1n) is 9.18. The standard InChI is InChI=1S/C21H24N2O4S/c1-16-6-8-17(9-7-16)12-15-28(25,26)22-13-10-21(24)23-19-11-14-27-20-5-3-2-4-18(19)20/h2-9,12,15,19,22H,10-11,13-14H2,1H3,(H,23,24)/b15-12+/t19-/m0/s1. The number of carbonyl (C=O) groups is 1. The van der Waals surface area contributed by atoms with Gasteiger partial charge in [0.25, 0.3) is 0 Å². The number of aryl methyl sites for hydroxylation is 1. The van der Waals surface area contributed by atoms with Crippen LogP contribution >= 0.6 is 0 Å². The number of sulfonamides is 1. The van der Waals surface area contributed by atoms with E-state index < -0.39 is 10.0 Å². The number of fused-ring (bicyclic) bond motifs is 1. The smallest absolute Gasteiger partial charge is 0.233 e. The van der Waals surface area contributed by atoms with Crippen LogP contribution in [0.15, 0.2) is 53.9 Å². The minimum absolute atomic E-state index is 0.0390. The molecule has 0 saturated carbocycles. The summed E-state index contributed by atoms with van der Waals surface area (Å²) in [5, 5.41) is 4.07. The summed E-state index contributed by atoms with van der Waals surface area (Å²) in [5.74, 6) is 0.577. The first-order valence-corrected chi connectivity index (χ1v) is 10.7. The minimum Gasteiger partial charge on any atom is -0.493 e. The monoisotopic (exact) mass is 400 g/mol. The van der Waals surface area contributed by atoms with Gasteiger partial charge in [0.05, 0.1) is 12.6 Å². The fourth-order valence-electron chi connectivity index (χ4n) is 2.96. The molecule has 2 N–H and O–H groups in total. The quantitative estimate of drug-likeness (QED) is 0.748. The molecular formula is C21H24N2O4S. The number of amides is 1. The Balaban J connectivity index is 1.48. The molecule has 148 valence electrons. The Morgan fingerprint density at radius 2 is 1.93 bits per heavy atom. The van der Waals surface area contributed by atoms with Gasteiger partial charge in [0.2, 0.25) is 15.9 Å². The van der Waals surface area contributed by atoms with Crippen molar-refractivity contribution in [3.63, 3.8) is 0 Å². The molecule has 0 radical (unpaired) electrons. The molecule has 1 aliphatic rings. The average molecular weight is 401 g/mol. The number of rotatable bonds is 7. The van der Waals surface area contributed by atoms with Gasteiger partial charge in [0, 0.05) is 30.4 Å². The second-order valence-electron chi connectivity index (χ2n) is 6.70. The fourth-order valence-corrected chi connectivity index (χ4v) is 3.78. The highest BCUT2D eigenvalue weighted by Crippen LogP contribution is 2.31. The molecule has 1 amide bonds. The minimum atomic E-state index is -3.60. The van der Waals surface area contributed by atoms with Crippen molar-refractivity contribution < 1.29 is 17.9 Å². The number of para-hydroxylation sites is 1. The SMILES string of the molecule is Cc1ccc(/C=C/S(=O)(=O)NCCC(=O)N[C@H]2CCOc3ccccc32)cc1. The highest BCUT2D eigenvalue weighted by molar-refractivity contribution is 7.92. The predicted octanol–water partition coefficient (Wildman–Crippen LogP) is 2.92. The summed E-state index contributed by atoms with van der Waals surface area (Å²) in [6.07, 6.45) is 2.28. The molecule has 0 unspecified atom stereocenters. The van der Waals surface area contributed by atoms with Gasteiger partial charge in [-0.3, -0.25) is 4.79 Å². The molecule has 3 rings (SSSR count). The Bertz CT molecular complexity index is 953. The van der Waals surface area contributed by atoms with Crippen LogP contribution in [0.2, 0.25) is 0 Å². The van der Waals surface area contributed by atoms with E-state index in [9.17, 15) is 13.2 Å². The summed E-state index contributed by atoms with van der Waals surface area (Å²) in [5.41, 5.74) is 2.85. The maximum Gasteiger partial charge on any atom is 0.233 e. The lowest BCUT2D eigenvalue weighted by Gasteiger charge is -2.26. The first-order chi connectivity index (χ1) is 13.4. The molecule has 7 heteroatoms. The first kappa shape index (κ1) is 20.1. The maximum atomic E-state index is 12.2. The lowest BCUT2D eigenvalue weighted by atomic mass is 10.0. The molecule has 2 aromatic carbocycles. The van der Waals surface area contributed by atoms with Crippen LogP contribution in [0.5, 0.6) is 5.75 Å². The number of nitrogens with one attached hydrogen (secondary N) is 2. The van der Waals surface area contributed by atoms with Crippen LogP contribution in [0.3, 0.4) is 0 Å². The van der Waals surface area contributed by atoms with Crippen LogP contribution in [0, 0.1) is 6.92 Å². The molecule has 0 bridgehead atoms. The Kier molecular flexibility index (Phi) is 6.49. The number of ether oxygens (including phenoxy) is 1. The van der Waals surface area contributed by atoms with Gasteiger partial charge >= 0.3 is 0 Å². The topological polar surface area (TPSA) is 84.5 Å². The lowest BCUT2D eigenvalue weighted by molar-refractivity contribution is -0.121. The van der Waals surface area contributed by atoms with Crippen molar-refractivity contribution in [3.05, 3.63) is 70.6 Å². The lowest BCUT2D eigenvalue weighted by Crippen LogP contribution is -2.34. The van der Waals surface area contributed by atoms with Crippen molar-refractivity contribution in [2.45, 2.75) is 25.8 Å². The second-order valence-corrected chi connectivity index (χ2v) is 8.35. The van der Waals surface area contributed by atoms with Crippen molar-refractivity contribution in [2.75, 3.05) is 13.2 Å². The summed E-state index contributed by atoms with van der Waals surface area (Å²) < 4.78 is 32.1. The summed E-state index contributed by atoms with van der Waals surface area (Å²) in [4.78, 5) is 12.2. The summed E-state index contributed by atoms with van der Waals surface area (Å²) >= 11 is 0. The molecule has 1 heterocycles. The number of carbonyl (C=O) groups excluding carboxylic acids is 1. The van der Waals surface area contributed by atoms with E-state index in [0.717, 1.165) is 27.8 Å². The fraction of sp³-hybridized carbons (Fsp3) is 0.286. The number of hydrogen-bond donors (Lipinski definition) is 2. The van der Waals surface area contributed by atoms with Crippen LogP contribution in [0.4, 0.5) is 0 Å². The van der Waals surface area contributed by atoms with E-state index in [2.05, 4.69) is 10.0 Å². The van der Waals surface area contributed by atoms with Gasteiger partial charge in [0.15, 0.2) is 0 Å². The second kappa shape index (κ2) is 9.03. The van der Waals surface area contributed by atoms with Gasteiger partial charge in [0.1, 0.15) is 5.75 Å².